The molecule has 0 spiro atoms. The van der Waals surface area contributed by atoms with E-state index in [1.54, 1.807) is 0 Å². The second-order valence-corrected chi connectivity index (χ2v) is 6.45. The van der Waals surface area contributed by atoms with Crippen LogP contribution >= 0.6 is 11.6 Å². The summed E-state index contributed by atoms with van der Waals surface area (Å²) in [5, 5.41) is 13.9. The van der Waals surface area contributed by atoms with Crippen LogP contribution in [0.15, 0.2) is 18.2 Å². The molecule has 2 rings (SSSR count). The van der Waals surface area contributed by atoms with Gasteiger partial charge in [-0.05, 0) is 31.0 Å². The van der Waals surface area contributed by atoms with E-state index in [1.165, 1.54) is 0 Å². The third-order valence-corrected chi connectivity index (χ3v) is 4.36. The Morgan fingerprint density at radius 3 is 2.70 bits per heavy atom. The maximum absolute atomic E-state index is 9.68. The molecule has 0 saturated carbocycles. The van der Waals surface area contributed by atoms with E-state index in [1.807, 2.05) is 13.0 Å². The van der Waals surface area contributed by atoms with Gasteiger partial charge in [0.25, 0.3) is 0 Å². The van der Waals surface area contributed by atoms with E-state index in [2.05, 4.69) is 36.2 Å². The van der Waals surface area contributed by atoms with E-state index in [9.17, 15) is 5.11 Å². The second-order valence-electron chi connectivity index (χ2n) is 6.05. The Bertz CT molecular complexity index is 448. The fourth-order valence-electron chi connectivity index (χ4n) is 2.61. The highest BCUT2D eigenvalue weighted by Crippen LogP contribution is 2.29. The van der Waals surface area contributed by atoms with E-state index < -0.39 is 0 Å². The standard InChI is InChI=1S/C16H25ClN2O/c1-11(2)18-9-13-4-5-15(8-16(13)17)19-7-6-14(10-19)12(3)20/h4-5,8,11-12,14,18,20H,6-7,9-10H2,1-3H3. The molecule has 0 radical (unpaired) electrons. The van der Waals surface area contributed by atoms with Crippen LogP contribution in [0, 0.1) is 5.92 Å². The van der Waals surface area contributed by atoms with Gasteiger partial charge in [-0.3, -0.25) is 0 Å². The summed E-state index contributed by atoms with van der Waals surface area (Å²) >= 11 is 6.37. The first kappa shape index (κ1) is 15.6. The van der Waals surface area contributed by atoms with Crippen LogP contribution in [-0.4, -0.2) is 30.3 Å². The van der Waals surface area contributed by atoms with E-state index in [4.69, 9.17) is 11.6 Å². The Balaban J connectivity index is 2.02. The molecular weight excluding hydrogens is 272 g/mol. The molecule has 4 heteroatoms. The van der Waals surface area contributed by atoms with Crippen molar-refractivity contribution in [1.82, 2.24) is 5.32 Å². The first-order chi connectivity index (χ1) is 9.47. The quantitative estimate of drug-likeness (QED) is 0.877. The van der Waals surface area contributed by atoms with Crippen LogP contribution < -0.4 is 10.2 Å². The summed E-state index contributed by atoms with van der Waals surface area (Å²) in [5.74, 6) is 0.371. The van der Waals surface area contributed by atoms with Gasteiger partial charge in [-0.2, -0.15) is 0 Å². The van der Waals surface area contributed by atoms with Crippen LogP contribution in [0.3, 0.4) is 0 Å². The highest BCUT2D eigenvalue weighted by atomic mass is 35.5. The normalized spacial score (nSPS) is 20.7. The van der Waals surface area contributed by atoms with Crippen molar-refractivity contribution >= 4 is 17.3 Å². The van der Waals surface area contributed by atoms with Crippen LogP contribution in [0.25, 0.3) is 0 Å². The van der Waals surface area contributed by atoms with E-state index in [-0.39, 0.29) is 6.10 Å². The molecule has 2 unspecified atom stereocenters. The van der Waals surface area contributed by atoms with Gasteiger partial charge in [0.15, 0.2) is 0 Å². The zero-order valence-corrected chi connectivity index (χ0v) is 13.3. The van der Waals surface area contributed by atoms with Gasteiger partial charge in [-0.25, -0.2) is 0 Å². The lowest BCUT2D eigenvalue weighted by Gasteiger charge is -2.21. The lowest BCUT2D eigenvalue weighted by molar-refractivity contribution is 0.136. The summed E-state index contributed by atoms with van der Waals surface area (Å²) in [4.78, 5) is 2.31. The Morgan fingerprint density at radius 2 is 2.15 bits per heavy atom. The molecule has 1 aromatic rings. The first-order valence-corrected chi connectivity index (χ1v) is 7.80. The number of nitrogens with zero attached hydrogens (tertiary/aromatic N) is 1. The van der Waals surface area contributed by atoms with Gasteiger partial charge >= 0.3 is 0 Å². The van der Waals surface area contributed by atoms with Crippen LogP contribution in [0.1, 0.15) is 32.8 Å². The van der Waals surface area contributed by atoms with Crippen molar-refractivity contribution in [2.75, 3.05) is 18.0 Å². The van der Waals surface area contributed by atoms with Gasteiger partial charge in [0.05, 0.1) is 6.10 Å². The molecule has 1 aromatic carbocycles. The van der Waals surface area contributed by atoms with Gasteiger partial charge in [-0.15, -0.1) is 0 Å². The van der Waals surface area contributed by atoms with Crippen molar-refractivity contribution in [2.24, 2.45) is 5.92 Å². The molecule has 0 aliphatic carbocycles. The third kappa shape index (κ3) is 3.87. The molecule has 1 aliphatic heterocycles. The van der Waals surface area contributed by atoms with Gasteiger partial charge in [-0.1, -0.05) is 31.5 Å². The molecule has 1 aliphatic rings. The molecule has 3 nitrogen and oxygen atoms in total. The van der Waals surface area contributed by atoms with Crippen LogP contribution in [0.5, 0.6) is 0 Å². The number of anilines is 1. The van der Waals surface area contributed by atoms with Crippen molar-refractivity contribution in [3.05, 3.63) is 28.8 Å². The predicted octanol–water partition coefficient (Wildman–Crippen LogP) is 3.05. The number of hydrogen-bond acceptors (Lipinski definition) is 3. The highest BCUT2D eigenvalue weighted by Gasteiger charge is 2.26. The summed E-state index contributed by atoms with van der Waals surface area (Å²) in [6.07, 6.45) is 0.816. The summed E-state index contributed by atoms with van der Waals surface area (Å²) in [6, 6.07) is 6.73. The molecule has 0 amide bonds. The van der Waals surface area contributed by atoms with E-state index in [0.29, 0.717) is 12.0 Å². The van der Waals surface area contributed by atoms with Crippen LogP contribution in [-0.2, 0) is 6.54 Å². The van der Waals surface area contributed by atoms with Gasteiger partial charge in [0.2, 0.25) is 0 Å². The molecule has 0 aromatic heterocycles. The zero-order chi connectivity index (χ0) is 14.7. The van der Waals surface area contributed by atoms with E-state index in [0.717, 1.165) is 42.3 Å². The number of rotatable bonds is 5. The number of halogens is 1. The van der Waals surface area contributed by atoms with Crippen LogP contribution in [0.2, 0.25) is 5.02 Å². The van der Waals surface area contributed by atoms with Gasteiger partial charge in [0, 0.05) is 42.3 Å². The maximum atomic E-state index is 9.68. The Hall–Kier alpha value is -0.770. The summed E-state index contributed by atoms with van der Waals surface area (Å²) in [6.45, 7) is 8.84. The fraction of sp³-hybridized carbons (Fsp3) is 0.625. The van der Waals surface area contributed by atoms with Crippen molar-refractivity contribution in [1.29, 1.82) is 0 Å². The number of aliphatic hydroxyl groups excluding tert-OH is 1. The molecule has 112 valence electrons. The predicted molar refractivity (Wildman–Crippen MR) is 85.4 cm³/mol. The van der Waals surface area contributed by atoms with Crippen LogP contribution in [0.4, 0.5) is 5.69 Å². The van der Waals surface area contributed by atoms with Gasteiger partial charge < -0.3 is 15.3 Å². The number of aliphatic hydroxyl groups is 1. The van der Waals surface area contributed by atoms with Crippen molar-refractivity contribution in [3.8, 4) is 0 Å². The molecular formula is C16H25ClN2O. The fourth-order valence-corrected chi connectivity index (χ4v) is 2.85. The molecule has 0 bridgehead atoms. The summed E-state index contributed by atoms with van der Waals surface area (Å²) < 4.78 is 0. The SMILES string of the molecule is CC(C)NCc1ccc(N2CCC(C(C)O)C2)cc1Cl. The Kier molecular flexibility index (Phi) is 5.30. The lowest BCUT2D eigenvalue weighted by atomic mass is 10.0. The molecule has 1 fully saturated rings. The average Bonchev–Trinajstić information content (AvgIpc) is 2.86. The minimum Gasteiger partial charge on any atom is -0.393 e. The smallest absolute Gasteiger partial charge is 0.0557 e. The Morgan fingerprint density at radius 1 is 1.40 bits per heavy atom. The topological polar surface area (TPSA) is 35.5 Å². The largest absolute Gasteiger partial charge is 0.393 e. The monoisotopic (exact) mass is 296 g/mol. The zero-order valence-electron chi connectivity index (χ0n) is 12.6. The summed E-state index contributed by atoms with van der Waals surface area (Å²) in [5.41, 5.74) is 2.29. The number of benzene rings is 1. The maximum Gasteiger partial charge on any atom is 0.0557 e. The minimum absolute atomic E-state index is 0.231. The number of nitrogens with one attached hydrogen (secondary N) is 1. The minimum atomic E-state index is -0.231. The second kappa shape index (κ2) is 6.79. The molecule has 1 saturated heterocycles. The molecule has 2 N–H and O–H groups in total. The number of hydrogen-bond donors (Lipinski definition) is 2. The Labute approximate surface area is 126 Å². The van der Waals surface area contributed by atoms with Crippen molar-refractivity contribution < 1.29 is 5.11 Å². The molecule has 1 heterocycles. The van der Waals surface area contributed by atoms with Crippen molar-refractivity contribution in [3.63, 3.8) is 0 Å². The highest BCUT2D eigenvalue weighted by molar-refractivity contribution is 6.31. The van der Waals surface area contributed by atoms with Crippen molar-refractivity contribution in [2.45, 2.75) is 45.9 Å². The van der Waals surface area contributed by atoms with Gasteiger partial charge in [0.1, 0.15) is 0 Å². The average molecular weight is 297 g/mol. The summed E-state index contributed by atoms with van der Waals surface area (Å²) in [7, 11) is 0. The molecule has 2 atom stereocenters. The van der Waals surface area contributed by atoms with E-state index >= 15 is 0 Å². The lowest BCUT2D eigenvalue weighted by Crippen LogP contribution is -2.24. The first-order valence-electron chi connectivity index (χ1n) is 7.42. The third-order valence-electron chi connectivity index (χ3n) is 4.01. The molecule has 20 heavy (non-hydrogen) atoms.